The molecule has 0 radical (unpaired) electrons. The lowest BCUT2D eigenvalue weighted by Crippen LogP contribution is -2.52. The Balaban J connectivity index is 2.68. The number of benzene rings is 1. The molecule has 0 aliphatic heterocycles. The molecule has 1 aromatic carbocycles. The van der Waals surface area contributed by atoms with Crippen molar-refractivity contribution in [2.24, 2.45) is 0 Å². The lowest BCUT2D eigenvalue weighted by Gasteiger charge is -2.30. The number of carbonyl (C=O) groups is 1. The molecule has 118 valence electrons. The molecule has 0 aromatic heterocycles. The fourth-order valence-electron chi connectivity index (χ4n) is 2.35. The van der Waals surface area contributed by atoms with Gasteiger partial charge in [-0.1, -0.05) is 6.92 Å². The zero-order valence-electron chi connectivity index (χ0n) is 13.4. The minimum Gasteiger partial charge on any atom is -0.497 e. The number of nitrogens with one attached hydrogen (secondary N) is 1. The molecule has 5 heteroatoms. The summed E-state index contributed by atoms with van der Waals surface area (Å²) in [5, 5.41) is 3.17. The molecule has 0 saturated heterocycles. The van der Waals surface area contributed by atoms with Gasteiger partial charge >= 0.3 is 5.97 Å². The van der Waals surface area contributed by atoms with Crippen molar-refractivity contribution in [3.63, 3.8) is 0 Å². The van der Waals surface area contributed by atoms with E-state index in [1.165, 1.54) is 7.11 Å². The summed E-state index contributed by atoms with van der Waals surface area (Å²) in [4.78, 5) is 11.9. The highest BCUT2D eigenvalue weighted by atomic mass is 16.5. The third-order valence-electron chi connectivity index (χ3n) is 3.30. The predicted molar refractivity (Wildman–Crippen MR) is 81.8 cm³/mol. The van der Waals surface area contributed by atoms with Crippen molar-refractivity contribution >= 4 is 5.97 Å². The molecule has 2 unspecified atom stereocenters. The summed E-state index contributed by atoms with van der Waals surface area (Å²) in [7, 11) is 3.02. The van der Waals surface area contributed by atoms with Crippen molar-refractivity contribution in [1.29, 1.82) is 0 Å². The third kappa shape index (κ3) is 4.93. The molecule has 2 atom stereocenters. The van der Waals surface area contributed by atoms with Crippen LogP contribution in [0.1, 0.15) is 27.2 Å². The van der Waals surface area contributed by atoms with E-state index in [9.17, 15) is 4.79 Å². The minimum atomic E-state index is -0.755. The van der Waals surface area contributed by atoms with Crippen LogP contribution in [0.3, 0.4) is 0 Å². The summed E-state index contributed by atoms with van der Waals surface area (Å²) in [6, 6.07) is 7.37. The van der Waals surface area contributed by atoms with E-state index >= 15 is 0 Å². The normalized spacial score (nSPS) is 14.9. The Labute approximate surface area is 126 Å². The van der Waals surface area contributed by atoms with E-state index in [2.05, 4.69) is 5.32 Å². The van der Waals surface area contributed by atoms with E-state index in [1.807, 2.05) is 45.0 Å². The van der Waals surface area contributed by atoms with Gasteiger partial charge in [-0.25, -0.2) is 0 Å². The standard InChI is InChI=1S/C16H25NO4/c1-6-17-16(3,15(18)20-5)11-12(2)21-14-9-7-13(19-4)8-10-14/h7-10,12,17H,6,11H2,1-5H3. The summed E-state index contributed by atoms with van der Waals surface area (Å²) in [5.41, 5.74) is -0.755. The van der Waals surface area contributed by atoms with Crippen molar-refractivity contribution in [2.75, 3.05) is 20.8 Å². The fraction of sp³-hybridized carbons (Fsp3) is 0.562. The number of methoxy groups -OCH3 is 2. The van der Waals surface area contributed by atoms with E-state index in [0.29, 0.717) is 13.0 Å². The lowest BCUT2D eigenvalue weighted by molar-refractivity contribution is -0.149. The van der Waals surface area contributed by atoms with Crippen LogP contribution in [-0.4, -0.2) is 38.4 Å². The summed E-state index contributed by atoms with van der Waals surface area (Å²) in [6.45, 7) is 6.40. The molecule has 5 nitrogen and oxygen atoms in total. The second-order valence-electron chi connectivity index (χ2n) is 5.16. The Hall–Kier alpha value is -1.75. The molecule has 0 spiro atoms. The molecule has 0 bridgehead atoms. The van der Waals surface area contributed by atoms with Gasteiger partial charge in [0.1, 0.15) is 17.0 Å². The van der Waals surface area contributed by atoms with Crippen LogP contribution in [0.5, 0.6) is 11.5 Å². The maximum absolute atomic E-state index is 11.9. The third-order valence-corrected chi connectivity index (χ3v) is 3.30. The second-order valence-corrected chi connectivity index (χ2v) is 5.16. The minimum absolute atomic E-state index is 0.137. The molecule has 0 aliphatic carbocycles. The first-order chi connectivity index (χ1) is 9.95. The highest BCUT2D eigenvalue weighted by molar-refractivity contribution is 5.80. The summed E-state index contributed by atoms with van der Waals surface area (Å²) >= 11 is 0. The van der Waals surface area contributed by atoms with E-state index < -0.39 is 5.54 Å². The molecule has 0 amide bonds. The smallest absolute Gasteiger partial charge is 0.325 e. The van der Waals surface area contributed by atoms with Crippen molar-refractivity contribution in [3.8, 4) is 11.5 Å². The Kier molecular flexibility index (Phi) is 6.49. The van der Waals surface area contributed by atoms with Crippen LogP contribution < -0.4 is 14.8 Å². The number of ether oxygens (including phenoxy) is 3. The summed E-state index contributed by atoms with van der Waals surface area (Å²) in [5.74, 6) is 1.24. The van der Waals surface area contributed by atoms with Gasteiger partial charge in [-0.15, -0.1) is 0 Å². The van der Waals surface area contributed by atoms with Crippen LogP contribution in [0.4, 0.5) is 0 Å². The Morgan fingerprint density at radius 1 is 1.24 bits per heavy atom. The lowest BCUT2D eigenvalue weighted by atomic mass is 9.94. The molecule has 0 heterocycles. The molecule has 0 fully saturated rings. The van der Waals surface area contributed by atoms with Crippen molar-refractivity contribution in [3.05, 3.63) is 24.3 Å². The first-order valence-electron chi connectivity index (χ1n) is 7.09. The number of esters is 1. The second kappa shape index (κ2) is 7.88. The van der Waals surface area contributed by atoms with Crippen molar-refractivity contribution < 1.29 is 19.0 Å². The number of hydrogen-bond acceptors (Lipinski definition) is 5. The summed E-state index contributed by atoms with van der Waals surface area (Å²) in [6.07, 6.45) is 0.376. The largest absolute Gasteiger partial charge is 0.497 e. The average Bonchev–Trinajstić information content (AvgIpc) is 2.47. The van der Waals surface area contributed by atoms with Gasteiger partial charge in [0.15, 0.2) is 0 Å². The van der Waals surface area contributed by atoms with Crippen LogP contribution >= 0.6 is 0 Å². The molecule has 1 N–H and O–H groups in total. The molecule has 21 heavy (non-hydrogen) atoms. The topological polar surface area (TPSA) is 56.8 Å². The zero-order chi connectivity index (χ0) is 15.9. The van der Waals surface area contributed by atoms with Crippen LogP contribution in [0.25, 0.3) is 0 Å². The van der Waals surface area contributed by atoms with Gasteiger partial charge in [-0.05, 0) is 44.7 Å². The van der Waals surface area contributed by atoms with Crippen LogP contribution in [0, 0.1) is 0 Å². The highest BCUT2D eigenvalue weighted by Gasteiger charge is 2.35. The number of rotatable bonds is 8. The Bertz CT molecular complexity index is 446. The Morgan fingerprint density at radius 2 is 1.81 bits per heavy atom. The van der Waals surface area contributed by atoms with Crippen molar-refractivity contribution in [2.45, 2.75) is 38.8 Å². The van der Waals surface area contributed by atoms with Crippen LogP contribution in [0.15, 0.2) is 24.3 Å². The van der Waals surface area contributed by atoms with Gasteiger partial charge < -0.3 is 19.5 Å². The quantitative estimate of drug-likeness (QED) is 0.746. The zero-order valence-corrected chi connectivity index (χ0v) is 13.4. The van der Waals surface area contributed by atoms with Crippen molar-refractivity contribution in [1.82, 2.24) is 5.32 Å². The Morgan fingerprint density at radius 3 is 2.29 bits per heavy atom. The molecule has 1 aromatic rings. The van der Waals surface area contributed by atoms with Crippen LogP contribution in [-0.2, 0) is 9.53 Å². The number of carbonyl (C=O) groups excluding carboxylic acids is 1. The maximum atomic E-state index is 11.9. The van der Waals surface area contributed by atoms with Gasteiger partial charge in [0.2, 0.25) is 0 Å². The van der Waals surface area contributed by atoms with Gasteiger partial charge in [0.25, 0.3) is 0 Å². The number of likely N-dealkylation sites (N-methyl/N-ethyl adjacent to an activating group) is 1. The van der Waals surface area contributed by atoms with Crippen LogP contribution in [0.2, 0.25) is 0 Å². The first kappa shape index (κ1) is 17.3. The van der Waals surface area contributed by atoms with Gasteiger partial charge in [-0.2, -0.15) is 0 Å². The van der Waals surface area contributed by atoms with Gasteiger partial charge in [0.05, 0.1) is 20.3 Å². The SMILES string of the molecule is CCNC(C)(CC(C)Oc1ccc(OC)cc1)C(=O)OC. The van der Waals surface area contributed by atoms with Gasteiger partial charge in [-0.3, -0.25) is 4.79 Å². The van der Waals surface area contributed by atoms with E-state index in [0.717, 1.165) is 11.5 Å². The molecular weight excluding hydrogens is 270 g/mol. The maximum Gasteiger partial charge on any atom is 0.325 e. The monoisotopic (exact) mass is 295 g/mol. The van der Waals surface area contributed by atoms with E-state index in [-0.39, 0.29) is 12.1 Å². The molecular formula is C16H25NO4. The molecule has 0 saturated carbocycles. The van der Waals surface area contributed by atoms with E-state index in [1.54, 1.807) is 7.11 Å². The highest BCUT2D eigenvalue weighted by Crippen LogP contribution is 2.22. The average molecular weight is 295 g/mol. The fourth-order valence-corrected chi connectivity index (χ4v) is 2.35. The molecule has 0 aliphatic rings. The molecule has 1 rings (SSSR count). The predicted octanol–water partition coefficient (Wildman–Crippen LogP) is 2.39. The van der Waals surface area contributed by atoms with E-state index in [4.69, 9.17) is 14.2 Å². The first-order valence-corrected chi connectivity index (χ1v) is 7.09. The number of hydrogen-bond donors (Lipinski definition) is 1. The summed E-state index contributed by atoms with van der Waals surface area (Å²) < 4.78 is 15.8. The van der Waals surface area contributed by atoms with Gasteiger partial charge in [0, 0.05) is 6.42 Å².